The van der Waals surface area contributed by atoms with Crippen LogP contribution in [0.5, 0.6) is 5.75 Å². The van der Waals surface area contributed by atoms with Gasteiger partial charge in [0.25, 0.3) is 5.91 Å². The molecule has 1 aliphatic carbocycles. The second-order valence-electron chi connectivity index (χ2n) is 16.3. The Morgan fingerprint density at radius 2 is 1.94 bits per heavy atom. The Balaban J connectivity index is 1.30. The molecule has 11 heteroatoms. The van der Waals surface area contributed by atoms with Crippen molar-refractivity contribution in [2.75, 3.05) is 71.0 Å². The molecule has 6 rings (SSSR count). The number of ether oxygens (including phenoxy) is 3. The number of piperazine rings is 1. The van der Waals surface area contributed by atoms with E-state index in [4.69, 9.17) is 25.8 Å². The molecule has 1 N–H and O–H groups in total. The van der Waals surface area contributed by atoms with Gasteiger partial charge in [-0.2, -0.15) is 0 Å². The molecule has 7 atom stereocenters. The van der Waals surface area contributed by atoms with Crippen molar-refractivity contribution in [3.05, 3.63) is 70.3 Å². The van der Waals surface area contributed by atoms with Crippen LogP contribution in [-0.4, -0.2) is 109 Å². The van der Waals surface area contributed by atoms with Gasteiger partial charge < -0.3 is 19.1 Å². The molecule has 2 saturated heterocycles. The van der Waals surface area contributed by atoms with Crippen molar-refractivity contribution in [2.24, 2.45) is 11.8 Å². The van der Waals surface area contributed by atoms with E-state index in [1.807, 2.05) is 39.2 Å². The number of carbonyl (C=O) groups excluding carboxylic acids is 1. The first-order valence-electron chi connectivity index (χ1n) is 20.4. The molecule has 298 valence electrons. The third-order valence-electron chi connectivity index (χ3n) is 12.1. The van der Waals surface area contributed by atoms with Crippen molar-refractivity contribution >= 4 is 34.2 Å². The number of rotatable bonds is 15. The Morgan fingerprint density at radius 3 is 2.67 bits per heavy atom. The first kappa shape index (κ1) is 41.2. The van der Waals surface area contributed by atoms with E-state index in [2.05, 4.69) is 64.5 Å². The highest BCUT2D eigenvalue weighted by molar-refractivity contribution is 7.84. The van der Waals surface area contributed by atoms with Gasteiger partial charge in [-0.3, -0.25) is 19.3 Å². The van der Waals surface area contributed by atoms with Crippen molar-refractivity contribution in [1.82, 2.24) is 14.5 Å². The summed E-state index contributed by atoms with van der Waals surface area (Å²) in [4.78, 5) is 21.1. The van der Waals surface area contributed by atoms with E-state index in [-0.39, 0.29) is 17.1 Å². The first-order chi connectivity index (χ1) is 26.0. The molecule has 0 radical (unpaired) electrons. The Hall–Kier alpha value is -2.47. The van der Waals surface area contributed by atoms with Gasteiger partial charge >= 0.3 is 0 Å². The number of aryl methyl sites for hydroxylation is 1. The fourth-order valence-corrected chi connectivity index (χ4v) is 9.67. The molecular formula is C43H63ClN4O5S. The van der Waals surface area contributed by atoms with Crippen molar-refractivity contribution in [1.29, 1.82) is 0 Å². The molecule has 2 aromatic carbocycles. The summed E-state index contributed by atoms with van der Waals surface area (Å²) in [5.74, 6) is 1.23. The number of nitrogens with zero attached hydrogens (tertiary/aromatic N) is 3. The lowest BCUT2D eigenvalue weighted by atomic mass is 9.63. The monoisotopic (exact) mass is 782 g/mol. The van der Waals surface area contributed by atoms with Crippen LogP contribution in [-0.2, 0) is 26.9 Å². The van der Waals surface area contributed by atoms with Gasteiger partial charge in [0.05, 0.1) is 25.0 Å². The molecule has 4 aliphatic rings. The standard InChI is InChI=1S/C43H63ClN4O5S/c1-7-9-11-32-21-36(44)14-15-38(32)35-25-48(40-22-33(13-17-41(40)53-27-35)42(49)45-54(50)30(3)4)24-34-12-16-39(34)43(51-6,18-10-8-2)29-46-19-20-47-23-31(5)52-28-37(47)26-46/h10,13-15,17-18,21-22,30-31,34-35,37,39H,7-9,11-12,16,19-20,23-29H2,1-6H3,(H,45,49)/b18-10+/t31-,34?,35?,37?,39?,43-,54?/m1/s1. The molecule has 0 spiro atoms. The van der Waals surface area contributed by atoms with Gasteiger partial charge in [-0.1, -0.05) is 50.1 Å². The largest absolute Gasteiger partial charge is 0.491 e. The minimum absolute atomic E-state index is 0.106. The Bertz CT molecular complexity index is 1640. The molecule has 1 saturated carbocycles. The van der Waals surface area contributed by atoms with E-state index in [9.17, 15) is 9.00 Å². The van der Waals surface area contributed by atoms with E-state index in [0.29, 0.717) is 36.2 Å². The lowest BCUT2D eigenvalue weighted by molar-refractivity contribution is -0.117. The van der Waals surface area contributed by atoms with Crippen LogP contribution in [0.1, 0.15) is 94.1 Å². The number of morpholine rings is 1. The number of nitrogens with one attached hydrogen (secondary N) is 1. The van der Waals surface area contributed by atoms with Crippen molar-refractivity contribution in [3.63, 3.8) is 0 Å². The summed E-state index contributed by atoms with van der Waals surface area (Å²) >= 11 is 6.55. The minimum atomic E-state index is -1.47. The number of hydrogen-bond donors (Lipinski definition) is 1. The van der Waals surface area contributed by atoms with Crippen LogP contribution in [0.15, 0.2) is 48.6 Å². The summed E-state index contributed by atoms with van der Waals surface area (Å²) in [7, 11) is 0.424. The molecular weight excluding hydrogens is 720 g/mol. The van der Waals surface area contributed by atoms with Crippen LogP contribution in [0.2, 0.25) is 5.02 Å². The van der Waals surface area contributed by atoms with E-state index in [1.54, 1.807) is 6.07 Å². The van der Waals surface area contributed by atoms with E-state index in [1.165, 1.54) is 11.1 Å². The Morgan fingerprint density at radius 1 is 1.11 bits per heavy atom. The van der Waals surface area contributed by atoms with Crippen LogP contribution >= 0.6 is 11.6 Å². The highest BCUT2D eigenvalue weighted by Gasteiger charge is 2.49. The lowest BCUT2D eigenvalue weighted by Gasteiger charge is -2.53. The van der Waals surface area contributed by atoms with Gasteiger partial charge in [0.15, 0.2) is 0 Å². The van der Waals surface area contributed by atoms with Crippen LogP contribution in [0.3, 0.4) is 0 Å². The van der Waals surface area contributed by atoms with Gasteiger partial charge in [-0.25, -0.2) is 4.21 Å². The summed E-state index contributed by atoms with van der Waals surface area (Å²) in [5, 5.41) is 0.577. The summed E-state index contributed by atoms with van der Waals surface area (Å²) < 4.78 is 34.7. The molecule has 0 bridgehead atoms. The molecule has 3 aliphatic heterocycles. The average Bonchev–Trinajstić information content (AvgIpc) is 3.33. The number of fused-ring (bicyclic) bond motifs is 2. The van der Waals surface area contributed by atoms with Crippen LogP contribution in [0, 0.1) is 11.8 Å². The number of benzene rings is 2. The molecule has 3 fully saturated rings. The predicted octanol–water partition coefficient (Wildman–Crippen LogP) is 7.25. The number of anilines is 1. The summed E-state index contributed by atoms with van der Waals surface area (Å²) in [6.45, 7) is 18.1. The highest BCUT2D eigenvalue weighted by atomic mass is 35.5. The maximum atomic E-state index is 13.4. The molecule has 9 nitrogen and oxygen atoms in total. The first-order valence-corrected chi connectivity index (χ1v) is 22.0. The Kier molecular flexibility index (Phi) is 14.2. The van der Waals surface area contributed by atoms with Gasteiger partial charge in [0.1, 0.15) is 22.3 Å². The minimum Gasteiger partial charge on any atom is -0.491 e. The van der Waals surface area contributed by atoms with Crippen molar-refractivity contribution in [3.8, 4) is 5.75 Å². The lowest BCUT2D eigenvalue weighted by Crippen LogP contribution is -2.63. The summed E-state index contributed by atoms with van der Waals surface area (Å²) in [6, 6.07) is 12.4. The quantitative estimate of drug-likeness (QED) is 0.190. The fraction of sp³-hybridized carbons (Fsp3) is 0.651. The molecule has 2 aromatic rings. The number of hydrogen-bond acceptors (Lipinski definition) is 8. The molecule has 3 heterocycles. The average molecular weight is 784 g/mol. The van der Waals surface area contributed by atoms with E-state index >= 15 is 0 Å². The molecule has 1 amide bonds. The number of amides is 1. The zero-order chi connectivity index (χ0) is 38.4. The van der Waals surface area contributed by atoms with E-state index in [0.717, 1.165) is 107 Å². The third-order valence-corrected chi connectivity index (χ3v) is 13.6. The topological polar surface area (TPSA) is 83.6 Å². The summed E-state index contributed by atoms with van der Waals surface area (Å²) in [5.41, 5.74) is 3.53. The predicted molar refractivity (Wildman–Crippen MR) is 220 cm³/mol. The maximum absolute atomic E-state index is 13.4. The van der Waals surface area contributed by atoms with Crippen molar-refractivity contribution in [2.45, 2.75) is 102 Å². The van der Waals surface area contributed by atoms with Gasteiger partial charge in [0, 0.05) is 80.7 Å². The third kappa shape index (κ3) is 9.55. The number of carbonyl (C=O) groups is 1. The number of methoxy groups -OCH3 is 1. The van der Waals surface area contributed by atoms with Crippen LogP contribution < -0.4 is 14.4 Å². The normalized spacial score (nSPS) is 26.7. The second-order valence-corrected chi connectivity index (χ2v) is 18.4. The van der Waals surface area contributed by atoms with Crippen LogP contribution in [0.25, 0.3) is 0 Å². The molecule has 54 heavy (non-hydrogen) atoms. The smallest absolute Gasteiger partial charge is 0.263 e. The summed E-state index contributed by atoms with van der Waals surface area (Å²) in [6.07, 6.45) is 11.3. The number of halogens is 1. The zero-order valence-electron chi connectivity index (χ0n) is 33.4. The molecule has 0 aromatic heterocycles. The molecule has 5 unspecified atom stereocenters. The van der Waals surface area contributed by atoms with Crippen molar-refractivity contribution < 1.29 is 23.2 Å². The number of unbranched alkanes of at least 4 members (excludes halogenated alkanes) is 1. The Labute approximate surface area is 331 Å². The highest BCUT2D eigenvalue weighted by Crippen LogP contribution is 2.47. The second kappa shape index (κ2) is 18.6. The van der Waals surface area contributed by atoms with Gasteiger partial charge in [-0.05, 0) is 106 Å². The SMILES string of the molecule is CC/C=C/[C@](CN1CCN2C[C@@H](C)OCC2C1)(OC)C1CCC1CN1CC(c2ccc(Cl)cc2CCCC)COc2ccc(C(=O)NS(=O)C(C)C)cc21. The van der Waals surface area contributed by atoms with Crippen LogP contribution in [0.4, 0.5) is 5.69 Å². The van der Waals surface area contributed by atoms with Gasteiger partial charge in [0.2, 0.25) is 0 Å². The fourth-order valence-electron chi connectivity index (χ4n) is 8.94. The zero-order valence-corrected chi connectivity index (χ0v) is 34.9. The number of allylic oxidation sites excluding steroid dienone is 1. The maximum Gasteiger partial charge on any atom is 0.263 e. The van der Waals surface area contributed by atoms with E-state index < -0.39 is 16.6 Å². The van der Waals surface area contributed by atoms with Gasteiger partial charge in [-0.15, -0.1) is 0 Å².